The van der Waals surface area contributed by atoms with Gasteiger partial charge in [-0.25, -0.2) is 4.58 Å². The molecule has 0 N–H and O–H groups in total. The van der Waals surface area contributed by atoms with Gasteiger partial charge in [-0.05, 0) is 17.7 Å². The van der Waals surface area contributed by atoms with Gasteiger partial charge >= 0.3 is 0 Å². The average Bonchev–Trinajstić information content (AvgIpc) is 2.75. The Balaban J connectivity index is 1.81. The summed E-state index contributed by atoms with van der Waals surface area (Å²) in [5.41, 5.74) is 4.60. The molecular weight excluding hydrogens is 342 g/mol. The zero-order valence-corrected chi connectivity index (χ0v) is 16.5. The molecule has 140 valence electrons. The van der Waals surface area contributed by atoms with Crippen LogP contribution in [-0.2, 0) is 0 Å². The molecule has 4 rings (SSSR count). The Morgan fingerprint density at radius 3 is 1.96 bits per heavy atom. The van der Waals surface area contributed by atoms with Crippen molar-refractivity contribution in [2.24, 2.45) is 11.8 Å². The van der Waals surface area contributed by atoms with Gasteiger partial charge < -0.3 is 0 Å². The van der Waals surface area contributed by atoms with E-state index in [-0.39, 0.29) is 23.5 Å². The highest BCUT2D eigenvalue weighted by Crippen LogP contribution is 2.39. The van der Waals surface area contributed by atoms with E-state index in [2.05, 4.69) is 67.1 Å². The molecule has 0 unspecified atom stereocenters. The van der Waals surface area contributed by atoms with Crippen molar-refractivity contribution in [1.82, 2.24) is 0 Å². The third-order valence-corrected chi connectivity index (χ3v) is 5.93. The number of ketones is 1. The molecule has 0 saturated heterocycles. The predicted octanol–water partition coefficient (Wildman–Crippen LogP) is 5.05. The van der Waals surface area contributed by atoms with Crippen LogP contribution in [0.2, 0.25) is 0 Å². The lowest BCUT2D eigenvalue weighted by Crippen LogP contribution is -2.44. The van der Waals surface area contributed by atoms with E-state index in [1.165, 1.54) is 16.8 Å². The van der Waals surface area contributed by atoms with Crippen molar-refractivity contribution < 1.29 is 9.37 Å². The summed E-state index contributed by atoms with van der Waals surface area (Å²) in [5.74, 6) is 0.555. The van der Waals surface area contributed by atoms with Crippen LogP contribution in [0.15, 0.2) is 91.0 Å². The second-order valence-corrected chi connectivity index (χ2v) is 7.69. The fraction of sp³-hybridized carbons (Fsp3) is 0.231. The summed E-state index contributed by atoms with van der Waals surface area (Å²) in [5, 5.41) is 0. The fourth-order valence-corrected chi connectivity index (χ4v) is 4.72. The van der Waals surface area contributed by atoms with E-state index < -0.39 is 0 Å². The Morgan fingerprint density at radius 1 is 0.821 bits per heavy atom. The minimum atomic E-state index is -0.0720. The minimum Gasteiger partial charge on any atom is -0.294 e. The summed E-state index contributed by atoms with van der Waals surface area (Å²) < 4.78 is 2.28. The van der Waals surface area contributed by atoms with Gasteiger partial charge in [0.2, 0.25) is 0 Å². The van der Waals surface area contributed by atoms with Crippen LogP contribution in [-0.4, -0.2) is 29.7 Å². The zero-order chi connectivity index (χ0) is 19.5. The third kappa shape index (κ3) is 3.43. The van der Waals surface area contributed by atoms with E-state index in [0.29, 0.717) is 0 Å². The van der Waals surface area contributed by atoms with Gasteiger partial charge in [0.15, 0.2) is 18.0 Å². The first kappa shape index (κ1) is 18.4. The maximum Gasteiger partial charge on any atom is 0.186 e. The van der Waals surface area contributed by atoms with Gasteiger partial charge in [0.1, 0.15) is 7.05 Å². The van der Waals surface area contributed by atoms with Crippen LogP contribution in [0.5, 0.6) is 0 Å². The highest BCUT2D eigenvalue weighted by molar-refractivity contribution is 6.03. The van der Waals surface area contributed by atoms with Crippen molar-refractivity contribution in [3.05, 3.63) is 108 Å². The first-order valence-corrected chi connectivity index (χ1v) is 9.94. The number of nitrogens with zero attached hydrogens (tertiary/aromatic N) is 1. The lowest BCUT2D eigenvalue weighted by Gasteiger charge is -2.34. The Morgan fingerprint density at radius 2 is 1.36 bits per heavy atom. The maximum atomic E-state index is 13.5. The van der Waals surface area contributed by atoms with Crippen molar-refractivity contribution in [3.63, 3.8) is 0 Å². The minimum absolute atomic E-state index is 0.0720. The van der Waals surface area contributed by atoms with E-state index in [4.69, 9.17) is 0 Å². The molecule has 3 aromatic carbocycles. The zero-order valence-electron chi connectivity index (χ0n) is 16.5. The number of hydrogen-bond acceptors (Lipinski definition) is 1. The molecule has 0 saturated carbocycles. The van der Waals surface area contributed by atoms with Crippen molar-refractivity contribution >= 4 is 11.5 Å². The SMILES string of the molecule is C[C@H]1C(c2ccccc2)=[N+](C)C[C@H](C(=O)c2ccccc2)[C@H]1c1ccccc1. The number of rotatable bonds is 4. The summed E-state index contributed by atoms with van der Waals surface area (Å²) in [6, 6.07) is 30.8. The molecule has 28 heavy (non-hydrogen) atoms. The lowest BCUT2D eigenvalue weighted by molar-refractivity contribution is -0.510. The smallest absolute Gasteiger partial charge is 0.186 e. The molecule has 2 heteroatoms. The van der Waals surface area contributed by atoms with E-state index >= 15 is 0 Å². The molecule has 0 amide bonds. The van der Waals surface area contributed by atoms with Gasteiger partial charge in [-0.1, -0.05) is 85.8 Å². The highest BCUT2D eigenvalue weighted by atomic mass is 16.1. The normalized spacial score (nSPS) is 22.1. The number of hydrogen-bond donors (Lipinski definition) is 0. The van der Waals surface area contributed by atoms with Gasteiger partial charge in [-0.15, -0.1) is 0 Å². The summed E-state index contributed by atoms with van der Waals surface area (Å²) in [6.45, 7) is 2.99. The molecule has 2 nitrogen and oxygen atoms in total. The van der Waals surface area contributed by atoms with Crippen molar-refractivity contribution in [2.75, 3.05) is 13.6 Å². The molecule has 0 radical (unpaired) electrons. The van der Waals surface area contributed by atoms with Crippen LogP contribution in [0, 0.1) is 11.8 Å². The summed E-state index contributed by atoms with van der Waals surface area (Å²) in [4.78, 5) is 13.5. The first-order valence-electron chi connectivity index (χ1n) is 9.94. The van der Waals surface area contributed by atoms with Gasteiger partial charge in [0, 0.05) is 23.0 Å². The van der Waals surface area contributed by atoms with Crippen LogP contribution >= 0.6 is 0 Å². The topological polar surface area (TPSA) is 20.1 Å². The molecule has 0 aliphatic carbocycles. The molecular formula is C26H26NO+. The van der Waals surface area contributed by atoms with E-state index in [0.717, 1.165) is 12.1 Å². The molecule has 0 spiro atoms. The molecule has 3 aromatic rings. The number of Topliss-reactive ketones (excluding diaryl/α,β-unsaturated/α-hetero) is 1. The van der Waals surface area contributed by atoms with Crippen LogP contribution in [0.1, 0.15) is 34.3 Å². The van der Waals surface area contributed by atoms with Crippen LogP contribution < -0.4 is 0 Å². The van der Waals surface area contributed by atoms with Crippen LogP contribution in [0.25, 0.3) is 0 Å². The van der Waals surface area contributed by atoms with Gasteiger partial charge in [0.05, 0.1) is 5.92 Å². The van der Waals surface area contributed by atoms with E-state index in [9.17, 15) is 4.79 Å². The Labute approximate surface area is 167 Å². The fourth-order valence-electron chi connectivity index (χ4n) is 4.72. The quantitative estimate of drug-likeness (QED) is 0.466. The number of carbonyl (C=O) groups is 1. The van der Waals surface area contributed by atoms with Gasteiger partial charge in [-0.2, -0.15) is 0 Å². The first-order chi connectivity index (χ1) is 13.7. The second kappa shape index (κ2) is 7.93. The maximum absolute atomic E-state index is 13.5. The third-order valence-electron chi connectivity index (χ3n) is 5.93. The van der Waals surface area contributed by atoms with Crippen LogP contribution in [0.4, 0.5) is 0 Å². The van der Waals surface area contributed by atoms with Gasteiger partial charge in [-0.3, -0.25) is 4.79 Å². The molecule has 1 heterocycles. The molecule has 0 aromatic heterocycles. The van der Waals surface area contributed by atoms with E-state index in [1.807, 2.05) is 42.5 Å². The monoisotopic (exact) mass is 368 g/mol. The predicted molar refractivity (Wildman–Crippen MR) is 114 cm³/mol. The summed E-state index contributed by atoms with van der Waals surface area (Å²) >= 11 is 0. The second-order valence-electron chi connectivity index (χ2n) is 7.69. The summed E-state index contributed by atoms with van der Waals surface area (Å²) in [7, 11) is 2.12. The summed E-state index contributed by atoms with van der Waals surface area (Å²) in [6.07, 6.45) is 0. The molecule has 1 aliphatic heterocycles. The van der Waals surface area contributed by atoms with Gasteiger partial charge in [0.25, 0.3) is 0 Å². The van der Waals surface area contributed by atoms with Crippen molar-refractivity contribution in [2.45, 2.75) is 12.8 Å². The van der Waals surface area contributed by atoms with E-state index in [1.54, 1.807) is 0 Å². The highest BCUT2D eigenvalue weighted by Gasteiger charge is 2.44. The Bertz CT molecular complexity index is 977. The van der Waals surface area contributed by atoms with Crippen molar-refractivity contribution in [1.29, 1.82) is 0 Å². The van der Waals surface area contributed by atoms with Crippen molar-refractivity contribution in [3.8, 4) is 0 Å². The average molecular weight is 368 g/mol. The standard InChI is InChI=1S/C26H26NO/c1-19-24(20-12-6-3-7-13-20)23(26(28)22-16-10-5-11-17-22)18-27(2)25(19)21-14-8-4-9-15-21/h3-17,19,23-24H,18H2,1-2H3/q+1/t19-,23+,24-/m1/s1. The van der Waals surface area contributed by atoms with Crippen LogP contribution in [0.3, 0.4) is 0 Å². The molecule has 1 aliphatic rings. The Kier molecular flexibility index (Phi) is 5.21. The molecule has 3 atom stereocenters. The molecule has 0 bridgehead atoms. The number of benzene rings is 3. The Hall–Kier alpha value is -3.00. The lowest BCUT2D eigenvalue weighted by atomic mass is 9.69. The largest absolute Gasteiger partial charge is 0.294 e. The number of carbonyl (C=O) groups excluding carboxylic acids is 1. The molecule has 0 fully saturated rings.